The summed E-state index contributed by atoms with van der Waals surface area (Å²) in [4.78, 5) is 33.5. The molecule has 1 amide bonds. The van der Waals surface area contributed by atoms with Crippen LogP contribution in [0.3, 0.4) is 0 Å². The third kappa shape index (κ3) is 5.55. The highest BCUT2D eigenvalue weighted by atomic mass is 32.2. The molecule has 1 saturated heterocycles. The Kier molecular flexibility index (Phi) is 7.69. The van der Waals surface area contributed by atoms with Crippen LogP contribution in [0.25, 0.3) is 11.7 Å². The van der Waals surface area contributed by atoms with Gasteiger partial charge in [0.1, 0.15) is 15.8 Å². The second-order valence-corrected chi connectivity index (χ2v) is 10.7. The monoisotopic (exact) mass is 542 g/mol. The highest BCUT2D eigenvalue weighted by Gasteiger charge is 2.32. The molecule has 38 heavy (non-hydrogen) atoms. The number of aliphatic hydroxyl groups is 1. The zero-order valence-corrected chi connectivity index (χ0v) is 22.3. The molecule has 1 unspecified atom stereocenters. The van der Waals surface area contributed by atoms with Gasteiger partial charge in [-0.15, -0.1) is 0 Å². The lowest BCUT2D eigenvalue weighted by atomic mass is 10.1. The van der Waals surface area contributed by atoms with E-state index in [1.165, 1.54) is 16.2 Å². The molecule has 2 aromatic carbocycles. The molecule has 5 rings (SSSR count). The highest BCUT2D eigenvalue weighted by molar-refractivity contribution is 8.26. The quantitative estimate of drug-likeness (QED) is 0.249. The predicted molar refractivity (Wildman–Crippen MR) is 156 cm³/mol. The Labute approximate surface area is 229 Å². The number of aryl methyl sites for hydroxylation is 1. The first-order valence-corrected chi connectivity index (χ1v) is 13.4. The smallest absolute Gasteiger partial charge is 0.267 e. The van der Waals surface area contributed by atoms with Crippen LogP contribution in [-0.4, -0.2) is 42.7 Å². The number of pyridine rings is 1. The zero-order valence-electron chi connectivity index (χ0n) is 20.7. The number of carbonyl (C=O) groups excluding carboxylic acids is 1. The number of aromatic nitrogens is 2. The number of fused-ring (bicyclic) bond motifs is 1. The molecule has 1 fully saturated rings. The van der Waals surface area contributed by atoms with Crippen LogP contribution in [0.2, 0.25) is 0 Å². The molecule has 0 saturated carbocycles. The largest absolute Gasteiger partial charge is 0.387 e. The van der Waals surface area contributed by atoms with Crippen molar-refractivity contribution in [2.45, 2.75) is 19.4 Å². The van der Waals surface area contributed by atoms with Crippen molar-refractivity contribution < 1.29 is 9.90 Å². The summed E-state index contributed by atoms with van der Waals surface area (Å²) in [5.41, 5.74) is 3.14. The second-order valence-electron chi connectivity index (χ2n) is 8.99. The maximum atomic E-state index is 13.6. The van der Waals surface area contributed by atoms with Crippen LogP contribution in [0.1, 0.15) is 28.4 Å². The Morgan fingerprint density at radius 2 is 1.76 bits per heavy atom. The molecule has 0 radical (unpaired) electrons. The first-order chi connectivity index (χ1) is 18.4. The number of carbonyl (C=O) groups is 1. The lowest BCUT2D eigenvalue weighted by Gasteiger charge is -2.15. The van der Waals surface area contributed by atoms with Crippen LogP contribution < -0.4 is 10.9 Å². The van der Waals surface area contributed by atoms with Crippen LogP contribution in [0.4, 0.5) is 5.82 Å². The molecule has 1 aliphatic heterocycles. The molecule has 0 spiro atoms. The highest BCUT2D eigenvalue weighted by Crippen LogP contribution is 2.33. The summed E-state index contributed by atoms with van der Waals surface area (Å²) in [6, 6.07) is 22.8. The third-order valence-corrected chi connectivity index (χ3v) is 7.65. The molecular formula is C29H26N4O3S2. The number of nitrogens with one attached hydrogen (secondary N) is 1. The fraction of sp³-hybridized carbons (Fsp3) is 0.172. The van der Waals surface area contributed by atoms with Crippen molar-refractivity contribution >= 4 is 51.7 Å². The van der Waals surface area contributed by atoms with Gasteiger partial charge in [0.05, 0.1) is 16.6 Å². The van der Waals surface area contributed by atoms with E-state index in [4.69, 9.17) is 12.2 Å². The van der Waals surface area contributed by atoms with Crippen molar-refractivity contribution in [1.82, 2.24) is 14.3 Å². The lowest BCUT2D eigenvalue weighted by molar-refractivity contribution is -0.122. The summed E-state index contributed by atoms with van der Waals surface area (Å²) in [5.74, 6) is 0.0586. The van der Waals surface area contributed by atoms with Crippen molar-refractivity contribution in [2.75, 3.05) is 18.4 Å². The number of anilines is 1. The molecule has 2 aromatic heterocycles. The minimum atomic E-state index is -0.807. The number of nitrogens with zero attached hydrogens (tertiary/aromatic N) is 3. The number of hydrogen-bond acceptors (Lipinski definition) is 7. The lowest BCUT2D eigenvalue weighted by Crippen LogP contribution is -2.30. The van der Waals surface area contributed by atoms with Gasteiger partial charge in [0, 0.05) is 19.3 Å². The van der Waals surface area contributed by atoms with E-state index in [0.717, 1.165) is 16.7 Å². The number of rotatable bonds is 8. The SMILES string of the molecule is Cc1ccc2nc(NCC(O)c3ccccc3)c(C=C3SC(=S)N(CCc4ccccc4)C3=O)c(=O)n2c1. The Bertz CT molecular complexity index is 1590. The molecule has 192 valence electrons. The molecule has 1 aliphatic rings. The van der Waals surface area contributed by atoms with Crippen molar-refractivity contribution in [3.63, 3.8) is 0 Å². The van der Waals surface area contributed by atoms with Crippen LogP contribution in [0.5, 0.6) is 0 Å². The first-order valence-electron chi connectivity index (χ1n) is 12.2. The van der Waals surface area contributed by atoms with E-state index < -0.39 is 6.10 Å². The normalized spacial score (nSPS) is 15.4. The molecule has 3 heterocycles. The summed E-state index contributed by atoms with van der Waals surface area (Å²) < 4.78 is 1.92. The van der Waals surface area contributed by atoms with E-state index in [0.29, 0.717) is 33.7 Å². The van der Waals surface area contributed by atoms with E-state index in [9.17, 15) is 14.7 Å². The average molecular weight is 543 g/mol. The maximum Gasteiger partial charge on any atom is 0.267 e. The second kappa shape index (κ2) is 11.3. The van der Waals surface area contributed by atoms with Gasteiger partial charge >= 0.3 is 0 Å². The Balaban J connectivity index is 1.46. The molecule has 4 aromatic rings. The third-order valence-electron chi connectivity index (χ3n) is 6.27. The minimum Gasteiger partial charge on any atom is -0.387 e. The molecular weight excluding hydrogens is 516 g/mol. The van der Waals surface area contributed by atoms with Crippen LogP contribution in [-0.2, 0) is 11.2 Å². The Morgan fingerprint density at radius 3 is 2.50 bits per heavy atom. The fourth-order valence-electron chi connectivity index (χ4n) is 4.22. The summed E-state index contributed by atoms with van der Waals surface area (Å²) >= 11 is 6.68. The summed E-state index contributed by atoms with van der Waals surface area (Å²) in [6.07, 6.45) is 3.14. The van der Waals surface area contributed by atoms with Crippen LogP contribution in [0.15, 0.2) is 88.7 Å². The van der Waals surface area contributed by atoms with E-state index in [1.807, 2.05) is 73.7 Å². The molecule has 2 N–H and O–H groups in total. The van der Waals surface area contributed by atoms with E-state index in [-0.39, 0.29) is 23.6 Å². The number of benzene rings is 2. The van der Waals surface area contributed by atoms with Crippen LogP contribution in [0, 0.1) is 6.92 Å². The summed E-state index contributed by atoms with van der Waals surface area (Å²) in [5, 5.41) is 13.8. The maximum absolute atomic E-state index is 13.6. The van der Waals surface area contributed by atoms with Crippen molar-refractivity contribution in [1.29, 1.82) is 0 Å². The number of hydrogen-bond donors (Lipinski definition) is 2. The van der Waals surface area contributed by atoms with Gasteiger partial charge in [-0.2, -0.15) is 0 Å². The van der Waals surface area contributed by atoms with E-state index in [1.54, 1.807) is 23.2 Å². The fourth-order valence-corrected chi connectivity index (χ4v) is 5.51. The molecule has 7 nitrogen and oxygen atoms in total. The number of amides is 1. The number of thiocarbonyl (C=S) groups is 1. The molecule has 0 bridgehead atoms. The average Bonchev–Trinajstić information content (AvgIpc) is 3.20. The predicted octanol–water partition coefficient (Wildman–Crippen LogP) is 4.59. The van der Waals surface area contributed by atoms with Crippen LogP contribution >= 0.6 is 24.0 Å². The van der Waals surface area contributed by atoms with Gasteiger partial charge in [-0.1, -0.05) is 90.7 Å². The Hall–Kier alpha value is -3.79. The van der Waals surface area contributed by atoms with Gasteiger partial charge in [0.2, 0.25) is 0 Å². The number of thioether (sulfide) groups is 1. The zero-order chi connectivity index (χ0) is 26.6. The first kappa shape index (κ1) is 25.8. The van der Waals surface area contributed by atoms with Crippen molar-refractivity contribution in [3.8, 4) is 0 Å². The minimum absolute atomic E-state index is 0.136. The van der Waals surface area contributed by atoms with Crippen molar-refractivity contribution in [3.05, 3.63) is 117 Å². The van der Waals surface area contributed by atoms with E-state index >= 15 is 0 Å². The van der Waals surface area contributed by atoms with Gasteiger partial charge in [-0.05, 0) is 42.2 Å². The molecule has 9 heteroatoms. The molecule has 1 atom stereocenters. The van der Waals surface area contributed by atoms with Crippen molar-refractivity contribution in [2.24, 2.45) is 0 Å². The number of aliphatic hydroxyl groups excluding tert-OH is 1. The van der Waals surface area contributed by atoms with Gasteiger partial charge < -0.3 is 10.4 Å². The Morgan fingerprint density at radius 1 is 1.05 bits per heavy atom. The summed E-state index contributed by atoms with van der Waals surface area (Å²) in [6.45, 7) is 2.48. The standard InChI is InChI=1S/C29H26N4O3S2/c1-19-12-13-25-31-26(30-17-23(34)21-10-6-3-7-11-21)22(27(35)33(25)18-19)16-24-28(36)32(29(37)38-24)15-14-20-8-4-2-5-9-20/h2-13,16,18,23,30,34H,14-15,17H2,1H3. The topological polar surface area (TPSA) is 86.9 Å². The van der Waals surface area contributed by atoms with Gasteiger partial charge in [-0.25, -0.2) is 4.98 Å². The van der Waals surface area contributed by atoms with Gasteiger partial charge in [-0.3, -0.25) is 18.9 Å². The van der Waals surface area contributed by atoms with Gasteiger partial charge in [0.15, 0.2) is 0 Å². The summed E-state index contributed by atoms with van der Waals surface area (Å²) in [7, 11) is 0. The van der Waals surface area contributed by atoms with E-state index in [2.05, 4.69) is 10.3 Å². The van der Waals surface area contributed by atoms with Gasteiger partial charge in [0.25, 0.3) is 11.5 Å². The molecule has 0 aliphatic carbocycles.